The first-order valence-corrected chi connectivity index (χ1v) is 15.7. The number of alkyl carbamates (subject to hydrolysis) is 1. The van der Waals surface area contributed by atoms with Gasteiger partial charge in [0.15, 0.2) is 0 Å². The zero-order valence-corrected chi connectivity index (χ0v) is 25.8. The molecule has 14 heteroatoms. The average molecular weight is 605 g/mol. The van der Waals surface area contributed by atoms with Gasteiger partial charge in [0.25, 0.3) is 5.16 Å². The van der Waals surface area contributed by atoms with E-state index in [-0.39, 0.29) is 34.5 Å². The van der Waals surface area contributed by atoms with E-state index in [0.717, 1.165) is 12.7 Å². The minimum atomic E-state index is -3.81. The van der Waals surface area contributed by atoms with Crippen LogP contribution < -0.4 is 15.1 Å². The first kappa shape index (κ1) is 29.8. The molecule has 5 rings (SSSR count). The molecule has 0 radical (unpaired) electrons. The van der Waals surface area contributed by atoms with Crippen molar-refractivity contribution in [3.05, 3.63) is 17.9 Å². The lowest BCUT2D eigenvalue weighted by Crippen LogP contribution is -2.47. The van der Waals surface area contributed by atoms with E-state index < -0.39 is 39.0 Å². The van der Waals surface area contributed by atoms with Gasteiger partial charge in [0.2, 0.25) is 9.84 Å². The van der Waals surface area contributed by atoms with Gasteiger partial charge in [-0.3, -0.25) is 4.90 Å². The summed E-state index contributed by atoms with van der Waals surface area (Å²) in [5.41, 5.74) is -0.606. The Morgan fingerprint density at radius 2 is 1.76 bits per heavy atom. The van der Waals surface area contributed by atoms with Gasteiger partial charge in [-0.2, -0.15) is 4.98 Å². The van der Waals surface area contributed by atoms with Crippen molar-refractivity contribution < 1.29 is 31.9 Å². The lowest BCUT2D eigenvalue weighted by Gasteiger charge is -2.33. The smallest absolute Gasteiger partial charge is 0.414 e. The van der Waals surface area contributed by atoms with Gasteiger partial charge in [-0.15, -0.1) is 0 Å². The van der Waals surface area contributed by atoms with E-state index in [1.165, 1.54) is 24.1 Å². The Balaban J connectivity index is 1.57. The summed E-state index contributed by atoms with van der Waals surface area (Å²) in [6.45, 7) is 11.1. The Bertz CT molecular complexity index is 1690. The van der Waals surface area contributed by atoms with E-state index in [2.05, 4.69) is 20.3 Å². The molecule has 3 atom stereocenters. The first-order valence-electron chi connectivity index (χ1n) is 13.8. The highest BCUT2D eigenvalue weighted by molar-refractivity contribution is 7.90. The van der Waals surface area contributed by atoms with E-state index in [1.807, 2.05) is 4.90 Å². The molecule has 2 aliphatic rings. The number of sulfone groups is 1. The second-order valence-corrected chi connectivity index (χ2v) is 15.0. The highest BCUT2D eigenvalue weighted by Gasteiger charge is 2.47. The van der Waals surface area contributed by atoms with Gasteiger partial charge in [0.05, 0.1) is 16.6 Å². The predicted molar refractivity (Wildman–Crippen MR) is 156 cm³/mol. The fourth-order valence-electron chi connectivity index (χ4n) is 5.72. The number of aromatic nitrogens is 3. The topological polar surface area (TPSA) is 147 Å². The monoisotopic (exact) mass is 604 g/mol. The minimum Gasteiger partial charge on any atom is -0.444 e. The standard InChI is InChI=1S/C28H37FN6O6S/c1-27(2,3)40-25(36)30-18-12-16-9-14(18)13-35(16)23-20-17-10-15(29)11-19(34(7)26(37)41-28(4,5)6)21(17)31-22(20)32-24(33-23)42(8,38)39/h10-11,14,16,18H,9,12-13H2,1-8H3,(H,30,36)(H,31,32,33)/t14-,16-,18-/m1/s1. The van der Waals surface area contributed by atoms with Gasteiger partial charge in [-0.25, -0.2) is 27.4 Å². The van der Waals surface area contributed by atoms with Crippen LogP contribution in [-0.4, -0.2) is 78.7 Å². The maximum absolute atomic E-state index is 15.1. The Morgan fingerprint density at radius 1 is 1.10 bits per heavy atom. The molecule has 0 spiro atoms. The molecule has 0 unspecified atom stereocenters. The van der Waals surface area contributed by atoms with E-state index in [0.29, 0.717) is 35.1 Å². The molecule has 42 heavy (non-hydrogen) atoms. The summed E-state index contributed by atoms with van der Waals surface area (Å²) in [5.74, 6) is -0.173. The molecular formula is C28H37FN6O6S. The fourth-order valence-corrected chi connectivity index (χ4v) is 6.23. The third-order valence-electron chi connectivity index (χ3n) is 7.34. The molecule has 3 heterocycles. The maximum atomic E-state index is 15.1. The van der Waals surface area contributed by atoms with Crippen molar-refractivity contribution in [2.45, 2.75) is 82.8 Å². The van der Waals surface area contributed by atoms with E-state index in [4.69, 9.17) is 9.47 Å². The third kappa shape index (κ3) is 5.81. The summed E-state index contributed by atoms with van der Waals surface area (Å²) in [7, 11) is -2.34. The van der Waals surface area contributed by atoms with Crippen LogP contribution in [0, 0.1) is 11.7 Å². The number of fused-ring (bicyclic) bond motifs is 5. The number of H-pyrrole nitrogens is 1. The number of rotatable bonds is 4. The van der Waals surface area contributed by atoms with Crippen LogP contribution in [0.1, 0.15) is 54.4 Å². The Hall–Kier alpha value is -3.68. The Kier molecular flexibility index (Phi) is 7.06. The van der Waals surface area contributed by atoms with Gasteiger partial charge >= 0.3 is 12.2 Å². The van der Waals surface area contributed by atoms with E-state index in [1.54, 1.807) is 41.5 Å². The Labute approximate surface area is 243 Å². The number of carbonyl (C=O) groups excluding carboxylic acids is 2. The van der Waals surface area contributed by atoms with E-state index >= 15 is 4.39 Å². The quantitative estimate of drug-likeness (QED) is 0.410. The number of benzene rings is 1. The molecule has 2 N–H and O–H groups in total. The molecule has 1 saturated heterocycles. The van der Waals surface area contributed by atoms with Crippen LogP contribution in [0.3, 0.4) is 0 Å². The van der Waals surface area contributed by atoms with Crippen LogP contribution in [0.25, 0.3) is 21.9 Å². The second kappa shape index (κ2) is 9.96. The number of hydrogen-bond acceptors (Lipinski definition) is 9. The second-order valence-electron chi connectivity index (χ2n) is 13.1. The van der Waals surface area contributed by atoms with Gasteiger partial charge in [0, 0.05) is 37.3 Å². The number of nitrogens with zero attached hydrogens (tertiary/aromatic N) is 4. The van der Waals surface area contributed by atoms with Crippen molar-refractivity contribution >= 4 is 55.5 Å². The maximum Gasteiger partial charge on any atom is 0.414 e. The SMILES string of the molecule is CN(C(=O)OC(C)(C)C)c1cc(F)cc2c1[nH]c1nc(S(C)(=O)=O)nc(N3C[C@H]4C[C@@H]3C[C@H]4NC(=O)OC(C)(C)C)c12. The number of halogens is 1. The number of aromatic amines is 1. The van der Waals surface area contributed by atoms with Crippen LogP contribution in [0.5, 0.6) is 0 Å². The summed E-state index contributed by atoms with van der Waals surface area (Å²) in [4.78, 5) is 40.4. The lowest BCUT2D eigenvalue weighted by molar-refractivity contribution is 0.0490. The van der Waals surface area contributed by atoms with Crippen molar-refractivity contribution in [1.29, 1.82) is 0 Å². The first-order chi connectivity index (χ1) is 19.3. The summed E-state index contributed by atoms with van der Waals surface area (Å²) < 4.78 is 51.2. The predicted octanol–water partition coefficient (Wildman–Crippen LogP) is 4.52. The van der Waals surface area contributed by atoms with Crippen LogP contribution in [-0.2, 0) is 19.3 Å². The molecule has 1 aromatic carbocycles. The molecule has 3 aromatic rings. The van der Waals surface area contributed by atoms with Crippen molar-refractivity contribution in [1.82, 2.24) is 20.3 Å². The Morgan fingerprint density at radius 3 is 2.33 bits per heavy atom. The molecular weight excluding hydrogens is 567 g/mol. The van der Waals surface area contributed by atoms with Crippen molar-refractivity contribution in [3.8, 4) is 0 Å². The summed E-state index contributed by atoms with van der Waals surface area (Å²) >= 11 is 0. The highest BCUT2D eigenvalue weighted by atomic mass is 32.2. The molecule has 2 aromatic heterocycles. The summed E-state index contributed by atoms with van der Waals surface area (Å²) in [6.07, 6.45) is 1.22. The van der Waals surface area contributed by atoms with Crippen molar-refractivity contribution in [2.75, 3.05) is 29.6 Å². The largest absolute Gasteiger partial charge is 0.444 e. The molecule has 1 saturated carbocycles. The molecule has 2 fully saturated rings. The van der Waals surface area contributed by atoms with Gasteiger partial charge in [0.1, 0.15) is 28.5 Å². The third-order valence-corrected chi connectivity index (χ3v) is 8.19. The number of hydrogen-bond donors (Lipinski definition) is 2. The zero-order chi connectivity index (χ0) is 30.9. The van der Waals surface area contributed by atoms with Gasteiger partial charge in [-0.1, -0.05) is 0 Å². The number of carbonyl (C=O) groups is 2. The normalized spacial score (nSPS) is 20.8. The number of anilines is 2. The highest BCUT2D eigenvalue weighted by Crippen LogP contribution is 2.44. The van der Waals surface area contributed by atoms with Crippen LogP contribution >= 0.6 is 0 Å². The summed E-state index contributed by atoms with van der Waals surface area (Å²) in [6, 6.07) is 2.36. The number of ether oxygens (including phenoxy) is 2. The minimum absolute atomic E-state index is 0.0529. The molecule has 2 bridgehead atoms. The van der Waals surface area contributed by atoms with Crippen LogP contribution in [0.2, 0.25) is 0 Å². The number of piperidine rings is 1. The summed E-state index contributed by atoms with van der Waals surface area (Å²) in [5, 5.41) is 3.44. The fraction of sp³-hybridized carbons (Fsp3) is 0.571. The number of amides is 2. The molecule has 1 aliphatic carbocycles. The molecule has 1 aliphatic heterocycles. The van der Waals surface area contributed by atoms with Crippen molar-refractivity contribution in [3.63, 3.8) is 0 Å². The van der Waals surface area contributed by atoms with E-state index in [9.17, 15) is 18.0 Å². The molecule has 12 nitrogen and oxygen atoms in total. The molecule has 2 amide bonds. The molecule has 228 valence electrons. The lowest BCUT2D eigenvalue weighted by atomic mass is 10.0. The van der Waals surface area contributed by atoms with Crippen LogP contribution in [0.15, 0.2) is 17.3 Å². The number of nitrogens with one attached hydrogen (secondary N) is 2. The van der Waals surface area contributed by atoms with Crippen LogP contribution in [0.4, 0.5) is 25.5 Å². The average Bonchev–Trinajstić information content (AvgIpc) is 3.52. The van der Waals surface area contributed by atoms with Gasteiger partial charge < -0.3 is 24.7 Å². The van der Waals surface area contributed by atoms with Crippen molar-refractivity contribution in [2.24, 2.45) is 5.92 Å². The van der Waals surface area contributed by atoms with Gasteiger partial charge in [-0.05, 0) is 72.4 Å². The zero-order valence-electron chi connectivity index (χ0n) is 25.0.